The molecule has 1 heterocycles. The van der Waals surface area contributed by atoms with Crippen LogP contribution in [0, 0.1) is 0 Å². The summed E-state index contributed by atoms with van der Waals surface area (Å²) < 4.78 is 0. The summed E-state index contributed by atoms with van der Waals surface area (Å²) in [6, 6.07) is 5.47. The molecule has 3 heteroatoms. The van der Waals surface area contributed by atoms with Crippen LogP contribution in [0.5, 0.6) is 0 Å². The summed E-state index contributed by atoms with van der Waals surface area (Å²) >= 11 is 0. The molecule has 0 bridgehead atoms. The highest BCUT2D eigenvalue weighted by Crippen LogP contribution is 2.01. The molecule has 0 spiro atoms. The van der Waals surface area contributed by atoms with Gasteiger partial charge in [-0.05, 0) is 30.5 Å². The van der Waals surface area contributed by atoms with E-state index in [1.165, 1.54) is 18.4 Å². The highest BCUT2D eigenvalue weighted by molar-refractivity contribution is 5.77. The van der Waals surface area contributed by atoms with Crippen LogP contribution in [0.15, 0.2) is 28.2 Å². The summed E-state index contributed by atoms with van der Waals surface area (Å²) in [6.45, 7) is 2.16. The molecule has 0 saturated carbocycles. The molecule has 2 amide bonds. The minimum atomic E-state index is -0.382. The number of unbranched alkanes of at least 4 members (excludes halogenated alkanes) is 1. The molecule has 14 heavy (non-hydrogen) atoms. The van der Waals surface area contributed by atoms with Gasteiger partial charge in [0.15, 0.2) is 0 Å². The first-order valence-electron chi connectivity index (χ1n) is 4.90. The van der Waals surface area contributed by atoms with E-state index < -0.39 is 0 Å². The summed E-state index contributed by atoms with van der Waals surface area (Å²) in [7, 11) is 0. The quantitative estimate of drug-likeness (QED) is 0.707. The second-order valence-electron chi connectivity index (χ2n) is 3.43. The van der Waals surface area contributed by atoms with Crippen molar-refractivity contribution in [2.75, 3.05) is 0 Å². The van der Waals surface area contributed by atoms with Crippen molar-refractivity contribution in [3.8, 4) is 0 Å². The molecule has 0 radical (unpaired) electrons. The van der Waals surface area contributed by atoms with Gasteiger partial charge in [0.25, 0.3) is 0 Å². The van der Waals surface area contributed by atoms with Gasteiger partial charge in [-0.15, -0.1) is 0 Å². The topological polar surface area (TPSA) is 41.8 Å². The van der Waals surface area contributed by atoms with E-state index in [-0.39, 0.29) is 6.03 Å². The van der Waals surface area contributed by atoms with Gasteiger partial charge in [0.05, 0.1) is 10.7 Å². The van der Waals surface area contributed by atoms with Crippen LogP contribution in [-0.4, -0.2) is 6.03 Å². The Morgan fingerprint density at radius 3 is 2.79 bits per heavy atom. The maximum atomic E-state index is 10.9. The van der Waals surface area contributed by atoms with Crippen molar-refractivity contribution < 1.29 is 4.79 Å². The monoisotopic (exact) mass is 188 g/mol. The zero-order chi connectivity index (χ0) is 9.97. The molecule has 0 N–H and O–H groups in total. The van der Waals surface area contributed by atoms with E-state index in [1.54, 1.807) is 0 Å². The average Bonchev–Trinajstić information content (AvgIpc) is 2.54. The Bertz CT molecular complexity index is 477. The van der Waals surface area contributed by atoms with E-state index in [1.807, 2.05) is 18.2 Å². The highest BCUT2D eigenvalue weighted by Gasteiger charge is 2.04. The molecule has 0 aliphatic carbocycles. The van der Waals surface area contributed by atoms with Crippen LogP contribution in [0.4, 0.5) is 4.79 Å². The number of amides is 2. The summed E-state index contributed by atoms with van der Waals surface area (Å²) in [5, 5.41) is 1.43. The second kappa shape index (κ2) is 3.70. The molecular formula is C11H12N2O. The van der Waals surface area contributed by atoms with E-state index in [4.69, 9.17) is 0 Å². The number of hydrogen-bond acceptors (Lipinski definition) is 1. The SMILES string of the molecule is CCCCc1ccc2c(c1)=NC(=O)N=2. The third kappa shape index (κ3) is 1.71. The van der Waals surface area contributed by atoms with Gasteiger partial charge in [-0.1, -0.05) is 19.4 Å². The van der Waals surface area contributed by atoms with E-state index in [9.17, 15) is 4.79 Å². The number of carbonyl (C=O) groups is 1. The number of aryl methyl sites for hydroxylation is 1. The van der Waals surface area contributed by atoms with Crippen LogP contribution in [0.1, 0.15) is 25.3 Å². The molecule has 1 aromatic carbocycles. The van der Waals surface area contributed by atoms with Crippen molar-refractivity contribution in [3.63, 3.8) is 0 Å². The average molecular weight is 188 g/mol. The zero-order valence-corrected chi connectivity index (χ0v) is 8.16. The van der Waals surface area contributed by atoms with Gasteiger partial charge in [0.2, 0.25) is 0 Å². The van der Waals surface area contributed by atoms with Crippen molar-refractivity contribution in [2.24, 2.45) is 9.98 Å². The fraction of sp³-hybridized carbons (Fsp3) is 0.364. The van der Waals surface area contributed by atoms with Gasteiger partial charge < -0.3 is 0 Å². The Morgan fingerprint density at radius 1 is 1.21 bits per heavy atom. The lowest BCUT2D eigenvalue weighted by molar-refractivity contribution is 0.256. The molecule has 1 aliphatic rings. The van der Waals surface area contributed by atoms with E-state index in [2.05, 4.69) is 16.9 Å². The summed E-state index contributed by atoms with van der Waals surface area (Å²) in [5.74, 6) is 0. The first-order valence-corrected chi connectivity index (χ1v) is 4.90. The fourth-order valence-corrected chi connectivity index (χ4v) is 1.52. The molecule has 0 aromatic heterocycles. The van der Waals surface area contributed by atoms with Crippen LogP contribution in [0.25, 0.3) is 0 Å². The number of carbonyl (C=O) groups excluding carboxylic acids is 1. The summed E-state index contributed by atoms with van der Waals surface area (Å²) in [5.41, 5.74) is 1.24. The molecule has 2 rings (SSSR count). The smallest absolute Gasteiger partial charge is 0.244 e. The minimum Gasteiger partial charge on any atom is -0.244 e. The lowest BCUT2D eigenvalue weighted by Crippen LogP contribution is -2.21. The fourth-order valence-electron chi connectivity index (χ4n) is 1.52. The van der Waals surface area contributed by atoms with Crippen molar-refractivity contribution >= 4 is 6.03 Å². The standard InChI is InChI=1S/C11H12N2O/c1-2-3-4-8-5-6-9-10(7-8)13-11(14)12-9/h5-7H,2-4H2,1H3. The minimum absolute atomic E-state index is 0.382. The third-order valence-electron chi connectivity index (χ3n) is 2.29. The largest absolute Gasteiger partial charge is 0.368 e. The first-order chi connectivity index (χ1) is 6.79. The Morgan fingerprint density at radius 2 is 2.00 bits per heavy atom. The molecule has 0 fully saturated rings. The second-order valence-corrected chi connectivity index (χ2v) is 3.43. The molecule has 3 nitrogen and oxygen atoms in total. The van der Waals surface area contributed by atoms with Gasteiger partial charge in [-0.25, -0.2) is 4.79 Å². The van der Waals surface area contributed by atoms with Crippen LogP contribution in [0.2, 0.25) is 0 Å². The van der Waals surface area contributed by atoms with E-state index >= 15 is 0 Å². The van der Waals surface area contributed by atoms with Crippen LogP contribution >= 0.6 is 0 Å². The van der Waals surface area contributed by atoms with Crippen molar-refractivity contribution in [3.05, 3.63) is 34.5 Å². The lowest BCUT2D eigenvalue weighted by Gasteiger charge is -1.97. The molecule has 72 valence electrons. The molecule has 1 aliphatic heterocycles. The maximum Gasteiger partial charge on any atom is 0.368 e. The Labute approximate surface area is 82.2 Å². The predicted molar refractivity (Wildman–Crippen MR) is 52.8 cm³/mol. The van der Waals surface area contributed by atoms with Crippen molar-refractivity contribution in [1.82, 2.24) is 0 Å². The molecule has 0 unspecified atom stereocenters. The van der Waals surface area contributed by atoms with Crippen LogP contribution in [-0.2, 0) is 6.42 Å². The molecular weight excluding hydrogens is 176 g/mol. The molecule has 1 aromatic rings. The van der Waals surface area contributed by atoms with Crippen molar-refractivity contribution in [2.45, 2.75) is 26.2 Å². The highest BCUT2D eigenvalue weighted by atomic mass is 16.2. The first kappa shape index (κ1) is 9.06. The van der Waals surface area contributed by atoms with Crippen LogP contribution < -0.4 is 10.7 Å². The molecule has 0 atom stereocenters. The van der Waals surface area contributed by atoms with E-state index in [0.29, 0.717) is 5.36 Å². The number of rotatable bonds is 3. The summed E-state index contributed by atoms with van der Waals surface area (Å²) in [6.07, 6.45) is 3.40. The molecule has 0 saturated heterocycles. The number of urea groups is 1. The lowest BCUT2D eigenvalue weighted by atomic mass is 10.1. The number of nitrogens with zero attached hydrogens (tertiary/aromatic N) is 2. The van der Waals surface area contributed by atoms with E-state index in [0.717, 1.165) is 11.8 Å². The van der Waals surface area contributed by atoms with Crippen LogP contribution in [0.3, 0.4) is 0 Å². The predicted octanol–water partition coefficient (Wildman–Crippen LogP) is 1.40. The summed E-state index contributed by atoms with van der Waals surface area (Å²) in [4.78, 5) is 18.5. The third-order valence-corrected chi connectivity index (χ3v) is 2.29. The van der Waals surface area contributed by atoms with Gasteiger partial charge in [-0.3, -0.25) is 0 Å². The Hall–Kier alpha value is -1.51. The Kier molecular flexibility index (Phi) is 2.39. The normalized spacial score (nSPS) is 13.4. The number of fused-ring (bicyclic) bond motifs is 1. The van der Waals surface area contributed by atoms with Gasteiger partial charge in [0.1, 0.15) is 0 Å². The van der Waals surface area contributed by atoms with Gasteiger partial charge >= 0.3 is 6.03 Å². The van der Waals surface area contributed by atoms with Crippen molar-refractivity contribution in [1.29, 1.82) is 0 Å². The number of benzene rings is 1. The zero-order valence-electron chi connectivity index (χ0n) is 8.16. The van der Waals surface area contributed by atoms with Gasteiger partial charge in [-0.2, -0.15) is 9.98 Å². The maximum absolute atomic E-state index is 10.9. The van der Waals surface area contributed by atoms with Gasteiger partial charge in [0, 0.05) is 0 Å². The number of hydrogen-bond donors (Lipinski definition) is 0. The Balaban J connectivity index is 2.34.